The van der Waals surface area contributed by atoms with Crippen molar-refractivity contribution in [1.82, 2.24) is 19.3 Å². The predicted octanol–water partition coefficient (Wildman–Crippen LogP) is 3.31. The average Bonchev–Trinajstić information content (AvgIpc) is 3.27. The highest BCUT2D eigenvalue weighted by molar-refractivity contribution is 6.03. The Kier molecular flexibility index (Phi) is 7.67. The molecule has 1 aromatic carbocycles. The molecule has 0 saturated carbocycles. The molecular weight excluding hydrogens is 368 g/mol. The largest absolute Gasteiger partial charge is 0.333 e. The van der Waals surface area contributed by atoms with E-state index in [4.69, 9.17) is 0 Å². The Morgan fingerprint density at radius 2 is 1.93 bits per heavy atom. The Morgan fingerprint density at radius 1 is 1.21 bits per heavy atom. The summed E-state index contributed by atoms with van der Waals surface area (Å²) in [5.41, 5.74) is 9.02. The maximum atomic E-state index is 12.8. The Hall–Kier alpha value is -3.00. The van der Waals surface area contributed by atoms with Crippen LogP contribution in [0.4, 0.5) is 5.95 Å². The van der Waals surface area contributed by atoms with Crippen LogP contribution in [0.25, 0.3) is 11.0 Å². The summed E-state index contributed by atoms with van der Waals surface area (Å²) in [4.78, 5) is 28.6. The highest BCUT2D eigenvalue weighted by atomic mass is 16.2. The minimum Gasteiger partial charge on any atom is -0.333 e. The molecule has 8 nitrogen and oxygen atoms in total. The second kappa shape index (κ2) is 9.97. The van der Waals surface area contributed by atoms with Gasteiger partial charge in [0.25, 0.3) is 5.91 Å². The number of nitrogens with one attached hydrogen (secondary N) is 1. The van der Waals surface area contributed by atoms with Crippen LogP contribution in [0, 0.1) is 13.8 Å². The monoisotopic (exact) mass is 398 g/mol. The van der Waals surface area contributed by atoms with Gasteiger partial charge in [0.1, 0.15) is 12.0 Å². The van der Waals surface area contributed by atoms with Crippen LogP contribution < -0.4 is 11.1 Å². The van der Waals surface area contributed by atoms with Gasteiger partial charge < -0.3 is 10.3 Å². The summed E-state index contributed by atoms with van der Waals surface area (Å²) in [5, 5.41) is 7.27. The van der Waals surface area contributed by atoms with Gasteiger partial charge in [-0.05, 0) is 58.0 Å². The molecule has 0 fully saturated rings. The molecule has 0 unspecified atom stereocenters. The van der Waals surface area contributed by atoms with Gasteiger partial charge in [-0.2, -0.15) is 5.10 Å². The number of benzene rings is 1. The van der Waals surface area contributed by atoms with Crippen molar-refractivity contribution in [3.8, 4) is 0 Å². The number of imidazole rings is 1. The molecule has 156 valence electrons. The fraction of sp³-hybridized carbons (Fsp3) is 0.429. The molecule has 29 heavy (non-hydrogen) atoms. The third-order valence-corrected chi connectivity index (χ3v) is 4.59. The lowest BCUT2D eigenvalue weighted by molar-refractivity contribution is 0.101. The van der Waals surface area contributed by atoms with Gasteiger partial charge in [0.2, 0.25) is 5.95 Å². The maximum absolute atomic E-state index is 12.8. The zero-order valence-corrected chi connectivity index (χ0v) is 17.8. The summed E-state index contributed by atoms with van der Waals surface area (Å²) in [7, 11) is 1.50. The van der Waals surface area contributed by atoms with Gasteiger partial charge in [-0.1, -0.05) is 13.3 Å². The van der Waals surface area contributed by atoms with E-state index in [1.54, 1.807) is 16.8 Å². The second-order valence-corrected chi connectivity index (χ2v) is 6.70. The first kappa shape index (κ1) is 22.3. The fourth-order valence-corrected chi connectivity index (χ4v) is 3.34. The highest BCUT2D eigenvalue weighted by Gasteiger charge is 2.19. The van der Waals surface area contributed by atoms with Crippen LogP contribution in [-0.2, 0) is 13.1 Å². The summed E-state index contributed by atoms with van der Waals surface area (Å²) in [6.07, 6.45) is 2.81. The molecular formula is C21H30N6O2. The minimum atomic E-state index is -0.237. The Labute approximate surface area is 171 Å². The SMILES string of the molecule is CCCCn1c(NC(=O)c2cc(C)nn2CC)nc2cc(C=O)cc(C)c21.CN. The number of amides is 1. The number of rotatable bonds is 7. The summed E-state index contributed by atoms with van der Waals surface area (Å²) in [6.45, 7) is 9.26. The number of nitrogens with two attached hydrogens (primary N) is 1. The van der Waals surface area contributed by atoms with Gasteiger partial charge in [0.15, 0.2) is 0 Å². The summed E-state index contributed by atoms with van der Waals surface area (Å²) >= 11 is 0. The molecule has 3 rings (SSSR count). The molecule has 0 radical (unpaired) electrons. The normalized spacial score (nSPS) is 10.6. The average molecular weight is 399 g/mol. The first-order valence-electron chi connectivity index (χ1n) is 9.88. The highest BCUT2D eigenvalue weighted by Crippen LogP contribution is 2.25. The number of fused-ring (bicyclic) bond motifs is 1. The van der Waals surface area contributed by atoms with Gasteiger partial charge in [0, 0.05) is 18.7 Å². The fourth-order valence-electron chi connectivity index (χ4n) is 3.34. The summed E-state index contributed by atoms with van der Waals surface area (Å²) < 4.78 is 3.71. The van der Waals surface area contributed by atoms with E-state index in [9.17, 15) is 9.59 Å². The maximum Gasteiger partial charge on any atom is 0.276 e. The number of carbonyl (C=O) groups is 2. The van der Waals surface area contributed by atoms with E-state index >= 15 is 0 Å². The number of aldehydes is 1. The summed E-state index contributed by atoms with van der Waals surface area (Å²) in [5.74, 6) is 0.259. The number of unbranched alkanes of at least 4 members (excludes halogenated alkanes) is 1. The number of nitrogens with zero attached hydrogens (tertiary/aromatic N) is 4. The number of anilines is 1. The van der Waals surface area contributed by atoms with E-state index in [1.807, 2.05) is 31.4 Å². The van der Waals surface area contributed by atoms with Crippen LogP contribution in [0.5, 0.6) is 0 Å². The van der Waals surface area contributed by atoms with E-state index in [0.717, 1.165) is 42.4 Å². The van der Waals surface area contributed by atoms with Crippen LogP contribution in [0.2, 0.25) is 0 Å². The van der Waals surface area contributed by atoms with Gasteiger partial charge in [-0.15, -0.1) is 0 Å². The van der Waals surface area contributed by atoms with Crippen molar-refractivity contribution in [2.45, 2.75) is 53.6 Å². The molecule has 0 spiro atoms. The molecule has 2 heterocycles. The van der Waals surface area contributed by atoms with E-state index in [1.165, 1.54) is 7.05 Å². The number of aromatic nitrogens is 4. The minimum absolute atomic E-state index is 0.237. The zero-order valence-electron chi connectivity index (χ0n) is 17.8. The molecule has 0 aliphatic rings. The van der Waals surface area contributed by atoms with Crippen LogP contribution in [0.15, 0.2) is 18.2 Å². The van der Waals surface area contributed by atoms with Crippen molar-refractivity contribution in [3.05, 3.63) is 40.7 Å². The van der Waals surface area contributed by atoms with E-state index in [2.05, 4.69) is 28.1 Å². The molecule has 0 atom stereocenters. The Bertz CT molecular complexity index is 1000. The van der Waals surface area contributed by atoms with E-state index < -0.39 is 0 Å². The lowest BCUT2D eigenvalue weighted by atomic mass is 10.1. The number of aryl methyl sites for hydroxylation is 4. The molecule has 1 amide bonds. The zero-order chi connectivity index (χ0) is 21.6. The third kappa shape index (κ3) is 4.71. The van der Waals surface area contributed by atoms with Crippen molar-refractivity contribution < 1.29 is 9.59 Å². The number of hydrogen-bond donors (Lipinski definition) is 2. The molecule has 0 saturated heterocycles. The van der Waals surface area contributed by atoms with Crippen molar-refractivity contribution in [2.75, 3.05) is 12.4 Å². The third-order valence-electron chi connectivity index (χ3n) is 4.59. The van der Waals surface area contributed by atoms with Crippen LogP contribution >= 0.6 is 0 Å². The number of carbonyl (C=O) groups excluding carboxylic acids is 2. The quantitative estimate of drug-likeness (QED) is 0.594. The molecule has 0 aliphatic carbocycles. The van der Waals surface area contributed by atoms with Crippen LogP contribution in [-0.4, -0.2) is 38.6 Å². The van der Waals surface area contributed by atoms with E-state index in [-0.39, 0.29) is 5.91 Å². The van der Waals surface area contributed by atoms with Crippen molar-refractivity contribution >= 4 is 29.2 Å². The number of hydrogen-bond acceptors (Lipinski definition) is 5. The van der Waals surface area contributed by atoms with Gasteiger partial charge in [-0.25, -0.2) is 4.98 Å². The van der Waals surface area contributed by atoms with Crippen LogP contribution in [0.3, 0.4) is 0 Å². The standard InChI is InChI=1S/C20H25N5O2.CH5N/c1-5-7-8-24-18-13(3)9-15(12-26)11-16(18)21-20(24)22-19(27)17-10-14(4)23-25(17)6-2;1-2/h9-12H,5-8H2,1-4H3,(H,21,22,27);2H2,1H3. The smallest absolute Gasteiger partial charge is 0.276 e. The first-order chi connectivity index (χ1) is 14.0. The second-order valence-electron chi connectivity index (χ2n) is 6.70. The molecule has 3 N–H and O–H groups in total. The molecule has 3 aromatic rings. The van der Waals surface area contributed by atoms with Gasteiger partial charge >= 0.3 is 0 Å². The van der Waals surface area contributed by atoms with Crippen molar-refractivity contribution in [1.29, 1.82) is 0 Å². The first-order valence-corrected chi connectivity index (χ1v) is 9.88. The molecule has 0 aliphatic heterocycles. The topological polar surface area (TPSA) is 108 Å². The Balaban J connectivity index is 0.00000145. The van der Waals surface area contributed by atoms with Gasteiger partial charge in [0.05, 0.1) is 16.7 Å². The molecule has 2 aromatic heterocycles. The molecule has 0 bridgehead atoms. The Morgan fingerprint density at radius 3 is 2.55 bits per heavy atom. The van der Waals surface area contributed by atoms with E-state index in [0.29, 0.717) is 29.3 Å². The molecule has 8 heteroatoms. The van der Waals surface area contributed by atoms with Crippen LogP contribution in [0.1, 0.15) is 58.8 Å². The lowest BCUT2D eigenvalue weighted by Gasteiger charge is -2.11. The lowest BCUT2D eigenvalue weighted by Crippen LogP contribution is -2.20. The van der Waals surface area contributed by atoms with Gasteiger partial charge in [-0.3, -0.25) is 19.6 Å². The predicted molar refractivity (Wildman–Crippen MR) is 115 cm³/mol. The van der Waals surface area contributed by atoms with Crippen molar-refractivity contribution in [2.24, 2.45) is 5.73 Å². The summed E-state index contributed by atoms with van der Waals surface area (Å²) in [6, 6.07) is 5.38. The van der Waals surface area contributed by atoms with Crippen molar-refractivity contribution in [3.63, 3.8) is 0 Å².